The first-order valence-electron chi connectivity index (χ1n) is 7.79. The Morgan fingerprint density at radius 3 is 2.85 bits per heavy atom. The van der Waals surface area contributed by atoms with E-state index in [-0.39, 0.29) is 18.1 Å². The van der Waals surface area contributed by atoms with E-state index in [2.05, 4.69) is 25.9 Å². The Bertz CT molecular complexity index is 1160. The summed E-state index contributed by atoms with van der Waals surface area (Å²) in [7, 11) is 1.73. The molecule has 0 bridgehead atoms. The number of hydrogen-bond acceptors (Lipinski definition) is 6. The number of tetrazole rings is 1. The number of carbonyl (C=O) groups excluding carboxylic acids is 1. The minimum Gasteiger partial charge on any atom is -0.324 e. The molecule has 0 radical (unpaired) electrons. The van der Waals surface area contributed by atoms with E-state index < -0.39 is 0 Å². The van der Waals surface area contributed by atoms with Crippen molar-refractivity contribution in [3.8, 4) is 11.4 Å². The summed E-state index contributed by atoms with van der Waals surface area (Å²) in [5.74, 6) is 0.224. The lowest BCUT2D eigenvalue weighted by Crippen LogP contribution is -2.28. The van der Waals surface area contributed by atoms with E-state index in [9.17, 15) is 9.59 Å². The molecule has 4 rings (SSSR count). The van der Waals surface area contributed by atoms with Crippen LogP contribution in [0, 0.1) is 0 Å². The van der Waals surface area contributed by atoms with Crippen molar-refractivity contribution in [2.24, 2.45) is 7.05 Å². The summed E-state index contributed by atoms with van der Waals surface area (Å²) in [4.78, 5) is 24.5. The van der Waals surface area contributed by atoms with E-state index in [4.69, 9.17) is 0 Å². The van der Waals surface area contributed by atoms with Crippen LogP contribution in [0.3, 0.4) is 0 Å². The van der Waals surface area contributed by atoms with Gasteiger partial charge in [0.15, 0.2) is 11.5 Å². The van der Waals surface area contributed by atoms with Gasteiger partial charge in [-0.25, -0.2) is 14.2 Å². The minimum atomic E-state index is -0.366. The molecule has 0 aliphatic heterocycles. The monoisotopic (exact) mass is 350 g/mol. The molecule has 1 amide bonds. The Morgan fingerprint density at radius 2 is 2.08 bits per heavy atom. The van der Waals surface area contributed by atoms with Crippen molar-refractivity contribution >= 4 is 17.2 Å². The van der Waals surface area contributed by atoms with Gasteiger partial charge in [-0.05, 0) is 34.7 Å². The van der Waals surface area contributed by atoms with Crippen LogP contribution in [0.2, 0.25) is 0 Å². The summed E-state index contributed by atoms with van der Waals surface area (Å²) in [5.41, 5.74) is 1.46. The fraction of sp³-hybridized carbons (Fsp3) is 0.125. The fourth-order valence-corrected chi connectivity index (χ4v) is 2.62. The Hall–Kier alpha value is -3.82. The molecular formula is C16H14N8O2. The molecule has 3 heterocycles. The van der Waals surface area contributed by atoms with E-state index in [1.807, 2.05) is 6.07 Å². The molecule has 3 aromatic heterocycles. The first kappa shape index (κ1) is 15.7. The molecule has 26 heavy (non-hydrogen) atoms. The average Bonchev–Trinajstić information content (AvgIpc) is 3.19. The van der Waals surface area contributed by atoms with Crippen LogP contribution < -0.4 is 11.0 Å². The Morgan fingerprint density at radius 1 is 1.19 bits per heavy atom. The molecule has 0 aliphatic carbocycles. The summed E-state index contributed by atoms with van der Waals surface area (Å²) in [5, 5.41) is 18.2. The summed E-state index contributed by atoms with van der Waals surface area (Å²) in [6.07, 6.45) is 1.61. The normalized spacial score (nSPS) is 11.0. The number of aryl methyl sites for hydroxylation is 1. The van der Waals surface area contributed by atoms with Crippen LogP contribution in [-0.4, -0.2) is 40.3 Å². The van der Waals surface area contributed by atoms with Crippen molar-refractivity contribution in [3.63, 3.8) is 0 Å². The van der Waals surface area contributed by atoms with Crippen molar-refractivity contribution in [1.82, 2.24) is 34.4 Å². The predicted octanol–water partition coefficient (Wildman–Crippen LogP) is 0.325. The van der Waals surface area contributed by atoms with Gasteiger partial charge in [-0.15, -0.1) is 10.2 Å². The smallest absolute Gasteiger partial charge is 0.324 e. The van der Waals surface area contributed by atoms with Crippen LogP contribution in [0.5, 0.6) is 0 Å². The van der Waals surface area contributed by atoms with Crippen molar-refractivity contribution in [3.05, 3.63) is 59.1 Å². The standard InChI is InChI=1S/C16H14N8O2/c1-22-15(18-20-21-22)11-5-4-6-12(9-11)17-14(25)10-24-16(26)23-8-3-2-7-13(23)19-24/h2-9H,10H2,1H3,(H,17,25). The quantitative estimate of drug-likeness (QED) is 0.567. The highest BCUT2D eigenvalue weighted by Gasteiger charge is 2.12. The topological polar surface area (TPSA) is 112 Å². The number of fused-ring (bicyclic) bond motifs is 1. The number of anilines is 1. The van der Waals surface area contributed by atoms with Gasteiger partial charge >= 0.3 is 5.69 Å². The van der Waals surface area contributed by atoms with E-state index in [0.717, 1.165) is 10.2 Å². The lowest BCUT2D eigenvalue weighted by molar-refractivity contribution is -0.117. The molecule has 10 nitrogen and oxygen atoms in total. The third kappa shape index (κ3) is 2.83. The van der Waals surface area contributed by atoms with Crippen LogP contribution in [0.15, 0.2) is 53.5 Å². The second-order valence-electron chi connectivity index (χ2n) is 5.62. The van der Waals surface area contributed by atoms with Crippen molar-refractivity contribution in [1.29, 1.82) is 0 Å². The second kappa shape index (κ2) is 6.24. The number of benzene rings is 1. The van der Waals surface area contributed by atoms with Gasteiger partial charge in [0, 0.05) is 24.5 Å². The molecular weight excluding hydrogens is 336 g/mol. The lowest BCUT2D eigenvalue weighted by atomic mass is 10.2. The van der Waals surface area contributed by atoms with Gasteiger partial charge in [-0.3, -0.25) is 9.20 Å². The van der Waals surface area contributed by atoms with E-state index >= 15 is 0 Å². The number of nitrogens with one attached hydrogen (secondary N) is 1. The van der Waals surface area contributed by atoms with Crippen molar-refractivity contribution < 1.29 is 4.79 Å². The predicted molar refractivity (Wildman–Crippen MR) is 92.3 cm³/mol. The molecule has 4 aromatic rings. The van der Waals surface area contributed by atoms with Crippen LogP contribution in [0.25, 0.3) is 17.0 Å². The highest BCUT2D eigenvalue weighted by atomic mass is 16.2. The third-order valence-corrected chi connectivity index (χ3v) is 3.81. The molecule has 130 valence electrons. The maximum absolute atomic E-state index is 12.3. The van der Waals surface area contributed by atoms with Crippen LogP contribution in [0.4, 0.5) is 5.69 Å². The van der Waals surface area contributed by atoms with E-state index in [0.29, 0.717) is 17.2 Å². The average molecular weight is 350 g/mol. The van der Waals surface area contributed by atoms with Gasteiger partial charge in [-0.1, -0.05) is 18.2 Å². The Labute approximate surface area is 146 Å². The van der Waals surface area contributed by atoms with Crippen molar-refractivity contribution in [2.45, 2.75) is 6.54 Å². The van der Waals surface area contributed by atoms with Gasteiger partial charge in [0.25, 0.3) is 0 Å². The summed E-state index contributed by atoms with van der Waals surface area (Å²) < 4.78 is 4.05. The summed E-state index contributed by atoms with van der Waals surface area (Å²) in [6.45, 7) is -0.184. The number of amides is 1. The molecule has 0 fully saturated rings. The third-order valence-electron chi connectivity index (χ3n) is 3.81. The maximum Gasteiger partial charge on any atom is 0.350 e. The number of carbonyl (C=O) groups is 1. The number of pyridine rings is 1. The van der Waals surface area contributed by atoms with Crippen molar-refractivity contribution in [2.75, 3.05) is 5.32 Å². The maximum atomic E-state index is 12.3. The fourth-order valence-electron chi connectivity index (χ4n) is 2.62. The van der Waals surface area contributed by atoms with Gasteiger partial charge in [0.05, 0.1) is 0 Å². The molecule has 1 N–H and O–H groups in total. The Balaban J connectivity index is 1.54. The van der Waals surface area contributed by atoms with Gasteiger partial charge in [0.2, 0.25) is 5.91 Å². The summed E-state index contributed by atoms with van der Waals surface area (Å²) in [6, 6.07) is 12.3. The number of aromatic nitrogens is 7. The first-order valence-corrected chi connectivity index (χ1v) is 7.79. The molecule has 1 aromatic carbocycles. The van der Waals surface area contributed by atoms with E-state index in [1.54, 1.807) is 49.6 Å². The zero-order valence-electron chi connectivity index (χ0n) is 13.8. The van der Waals surface area contributed by atoms with E-state index in [1.165, 1.54) is 9.08 Å². The lowest BCUT2D eigenvalue weighted by Gasteiger charge is -2.06. The number of nitrogens with zero attached hydrogens (tertiary/aromatic N) is 7. The molecule has 0 saturated carbocycles. The van der Waals surface area contributed by atoms with Crippen LogP contribution in [-0.2, 0) is 18.4 Å². The summed E-state index contributed by atoms with van der Waals surface area (Å²) >= 11 is 0. The highest BCUT2D eigenvalue weighted by Crippen LogP contribution is 2.19. The zero-order valence-corrected chi connectivity index (χ0v) is 13.8. The zero-order chi connectivity index (χ0) is 18.1. The molecule has 0 atom stereocenters. The Kier molecular flexibility index (Phi) is 3.77. The second-order valence-corrected chi connectivity index (χ2v) is 5.62. The van der Waals surface area contributed by atoms with Gasteiger partial charge in [-0.2, -0.15) is 0 Å². The largest absolute Gasteiger partial charge is 0.350 e. The molecule has 0 unspecified atom stereocenters. The molecule has 0 aliphatic rings. The van der Waals surface area contributed by atoms with Gasteiger partial charge < -0.3 is 5.32 Å². The molecule has 10 heteroatoms. The molecule has 0 saturated heterocycles. The molecule has 0 spiro atoms. The van der Waals surface area contributed by atoms with Gasteiger partial charge in [0.1, 0.15) is 6.54 Å². The first-order chi connectivity index (χ1) is 12.6. The van der Waals surface area contributed by atoms with Crippen LogP contribution >= 0.6 is 0 Å². The highest BCUT2D eigenvalue weighted by molar-refractivity contribution is 5.91. The minimum absolute atomic E-state index is 0.184. The number of hydrogen-bond donors (Lipinski definition) is 1. The number of rotatable bonds is 4. The SMILES string of the molecule is Cn1nnnc1-c1cccc(NC(=O)Cn2nc3ccccn3c2=O)c1. The van der Waals surface area contributed by atoms with Crippen LogP contribution in [0.1, 0.15) is 0 Å².